The molecule has 11 nitrogen and oxygen atoms in total. The first-order valence-corrected chi connectivity index (χ1v) is 16.7. The second-order valence-corrected chi connectivity index (χ2v) is 13.8. The number of nitrogens with zero attached hydrogens (tertiary/aromatic N) is 6. The molecule has 0 saturated carbocycles. The Bertz CT molecular complexity index is 1480. The van der Waals surface area contributed by atoms with Crippen LogP contribution in [-0.4, -0.2) is 88.4 Å². The number of tetrazole rings is 1. The SMILES string of the molecule is CCCS(=O)(=O)N1CC[C@@H](CN2CCC[C@@H](Cc3ccc(F)cc3)C2)[C@@H](NC(=O)Nc2cccc(-c3nnnn3C)c2)C1. The van der Waals surface area contributed by atoms with Gasteiger partial charge in [-0.2, -0.15) is 4.31 Å². The fourth-order valence-corrected chi connectivity index (χ4v) is 7.85. The summed E-state index contributed by atoms with van der Waals surface area (Å²) in [6.07, 6.45) is 4.31. The van der Waals surface area contributed by atoms with Crippen molar-refractivity contribution in [1.29, 1.82) is 0 Å². The summed E-state index contributed by atoms with van der Waals surface area (Å²) in [5.41, 5.74) is 2.48. The van der Waals surface area contributed by atoms with Gasteiger partial charge in [-0.1, -0.05) is 31.2 Å². The topological polar surface area (TPSA) is 125 Å². The van der Waals surface area contributed by atoms with Gasteiger partial charge in [0.1, 0.15) is 5.82 Å². The Morgan fingerprint density at radius 3 is 2.65 bits per heavy atom. The zero-order valence-corrected chi connectivity index (χ0v) is 25.6. The Labute approximate surface area is 252 Å². The number of likely N-dealkylation sites (tertiary alicyclic amines) is 1. The van der Waals surface area contributed by atoms with Crippen molar-refractivity contribution in [2.45, 2.75) is 45.1 Å². The van der Waals surface area contributed by atoms with Crippen molar-refractivity contribution in [1.82, 2.24) is 34.7 Å². The van der Waals surface area contributed by atoms with Crippen LogP contribution < -0.4 is 10.6 Å². The monoisotopic (exact) mass is 612 g/mol. The van der Waals surface area contributed by atoms with Crippen LogP contribution in [0.1, 0.15) is 38.2 Å². The molecule has 2 fully saturated rings. The van der Waals surface area contributed by atoms with Gasteiger partial charge >= 0.3 is 6.03 Å². The molecule has 13 heteroatoms. The van der Waals surface area contributed by atoms with Gasteiger partial charge in [-0.25, -0.2) is 22.3 Å². The van der Waals surface area contributed by atoms with Crippen LogP contribution in [0.15, 0.2) is 48.5 Å². The van der Waals surface area contributed by atoms with E-state index in [0.717, 1.165) is 50.0 Å². The summed E-state index contributed by atoms with van der Waals surface area (Å²) in [7, 11) is -1.65. The normalized spacial score (nSPS) is 21.9. The Morgan fingerprint density at radius 1 is 1.09 bits per heavy atom. The molecule has 2 N–H and O–H groups in total. The Kier molecular flexibility index (Phi) is 10.0. The Balaban J connectivity index is 1.25. The zero-order valence-electron chi connectivity index (χ0n) is 24.8. The van der Waals surface area contributed by atoms with E-state index < -0.39 is 10.0 Å². The highest BCUT2D eigenvalue weighted by molar-refractivity contribution is 7.89. The third-order valence-corrected chi connectivity index (χ3v) is 10.5. The molecule has 2 aliphatic heterocycles. The highest BCUT2D eigenvalue weighted by Crippen LogP contribution is 2.27. The average molecular weight is 613 g/mol. The molecule has 232 valence electrons. The number of aryl methyl sites for hydroxylation is 1. The van der Waals surface area contributed by atoms with Crippen LogP contribution in [0.25, 0.3) is 11.4 Å². The van der Waals surface area contributed by atoms with Gasteiger partial charge in [-0.05, 0) is 90.7 Å². The van der Waals surface area contributed by atoms with E-state index in [1.165, 1.54) is 16.4 Å². The van der Waals surface area contributed by atoms with E-state index in [2.05, 4.69) is 31.1 Å². The summed E-state index contributed by atoms with van der Waals surface area (Å²) in [5.74, 6) is 1.01. The van der Waals surface area contributed by atoms with Gasteiger partial charge in [0.15, 0.2) is 5.82 Å². The third-order valence-electron chi connectivity index (χ3n) is 8.42. The summed E-state index contributed by atoms with van der Waals surface area (Å²) < 4.78 is 42.4. The van der Waals surface area contributed by atoms with E-state index in [1.807, 2.05) is 31.2 Å². The predicted octanol–water partition coefficient (Wildman–Crippen LogP) is 3.52. The number of piperidine rings is 2. The highest BCUT2D eigenvalue weighted by Gasteiger charge is 2.37. The fourth-order valence-electron chi connectivity index (χ4n) is 6.31. The number of hydrogen-bond acceptors (Lipinski definition) is 7. The molecule has 3 aromatic rings. The summed E-state index contributed by atoms with van der Waals surface area (Å²) in [5, 5.41) is 17.6. The molecule has 2 aromatic carbocycles. The molecule has 2 aliphatic rings. The minimum Gasteiger partial charge on any atom is -0.333 e. The van der Waals surface area contributed by atoms with Crippen molar-refractivity contribution in [3.63, 3.8) is 0 Å². The van der Waals surface area contributed by atoms with Gasteiger partial charge in [0, 0.05) is 50.5 Å². The van der Waals surface area contributed by atoms with E-state index in [-0.39, 0.29) is 36.1 Å². The summed E-state index contributed by atoms with van der Waals surface area (Å²) in [6.45, 7) is 5.23. The smallest absolute Gasteiger partial charge is 0.319 e. The number of sulfonamides is 1. The molecule has 0 radical (unpaired) electrons. The molecule has 0 unspecified atom stereocenters. The van der Waals surface area contributed by atoms with Crippen molar-refractivity contribution in [2.75, 3.05) is 43.8 Å². The average Bonchev–Trinajstić information content (AvgIpc) is 3.41. The van der Waals surface area contributed by atoms with Crippen molar-refractivity contribution in [2.24, 2.45) is 18.9 Å². The van der Waals surface area contributed by atoms with E-state index in [1.54, 1.807) is 23.9 Å². The fraction of sp³-hybridized carbons (Fsp3) is 0.533. The van der Waals surface area contributed by atoms with Gasteiger partial charge in [0.2, 0.25) is 10.0 Å². The van der Waals surface area contributed by atoms with Crippen LogP contribution in [0.3, 0.4) is 0 Å². The lowest BCUT2D eigenvalue weighted by Gasteiger charge is -2.42. The molecule has 43 heavy (non-hydrogen) atoms. The highest BCUT2D eigenvalue weighted by atomic mass is 32.2. The molecule has 1 aromatic heterocycles. The molecular weight excluding hydrogens is 571 g/mol. The van der Waals surface area contributed by atoms with E-state index in [4.69, 9.17) is 0 Å². The minimum absolute atomic E-state index is 0.0947. The summed E-state index contributed by atoms with van der Waals surface area (Å²) in [6, 6.07) is 13.3. The largest absolute Gasteiger partial charge is 0.333 e. The maximum absolute atomic E-state index is 13.4. The number of aromatic nitrogens is 4. The molecule has 2 amide bonds. The number of carbonyl (C=O) groups is 1. The molecule has 0 bridgehead atoms. The first kappa shape index (κ1) is 31.0. The number of benzene rings is 2. The maximum atomic E-state index is 13.4. The van der Waals surface area contributed by atoms with Gasteiger partial charge in [0.25, 0.3) is 0 Å². The number of amides is 2. The van der Waals surface area contributed by atoms with Gasteiger partial charge in [0.05, 0.1) is 5.75 Å². The minimum atomic E-state index is -3.40. The molecule has 5 rings (SSSR count). The number of rotatable bonds is 10. The van der Waals surface area contributed by atoms with Crippen molar-refractivity contribution >= 4 is 21.7 Å². The standard InChI is InChI=1S/C30H41FN8O3S/c1-3-16-43(41,42)39-15-13-25(20-38-14-5-6-23(19-38)17-22-9-11-26(31)12-10-22)28(21-39)33-30(40)32-27-8-4-7-24(18-27)29-34-35-36-37(29)2/h4,7-12,18,23,25,28H,3,5-6,13-17,19-21H2,1-2H3,(H2,32,33,40)/t23-,25-,28-/m0/s1. The van der Waals surface area contributed by atoms with Crippen LogP contribution in [0.5, 0.6) is 0 Å². The maximum Gasteiger partial charge on any atom is 0.319 e. The Morgan fingerprint density at radius 2 is 1.91 bits per heavy atom. The number of hydrogen-bond donors (Lipinski definition) is 2. The lowest BCUT2D eigenvalue weighted by atomic mass is 9.88. The number of carbonyl (C=O) groups excluding carboxylic acids is 1. The van der Waals surface area contributed by atoms with Crippen LogP contribution in [-0.2, 0) is 23.5 Å². The molecule has 0 spiro atoms. The van der Waals surface area contributed by atoms with Crippen molar-refractivity contribution in [3.05, 3.63) is 59.9 Å². The van der Waals surface area contributed by atoms with Crippen LogP contribution in [0.2, 0.25) is 0 Å². The van der Waals surface area contributed by atoms with Gasteiger partial charge in [-0.15, -0.1) is 5.10 Å². The molecule has 2 saturated heterocycles. The summed E-state index contributed by atoms with van der Waals surface area (Å²) >= 11 is 0. The Hall–Kier alpha value is -3.42. The lowest BCUT2D eigenvalue weighted by molar-refractivity contribution is 0.113. The molecular formula is C30H41FN8O3S. The second-order valence-electron chi connectivity index (χ2n) is 11.7. The second kappa shape index (κ2) is 13.9. The van der Waals surface area contributed by atoms with Crippen molar-refractivity contribution < 1.29 is 17.6 Å². The van der Waals surface area contributed by atoms with Crippen molar-refractivity contribution in [3.8, 4) is 11.4 Å². The molecule has 3 heterocycles. The van der Waals surface area contributed by atoms with Gasteiger partial charge in [-0.3, -0.25) is 0 Å². The summed E-state index contributed by atoms with van der Waals surface area (Å²) in [4.78, 5) is 15.7. The number of halogens is 1. The first-order chi connectivity index (χ1) is 20.7. The number of urea groups is 1. The lowest BCUT2D eigenvalue weighted by Crippen LogP contribution is -2.57. The predicted molar refractivity (Wildman–Crippen MR) is 163 cm³/mol. The van der Waals surface area contributed by atoms with Gasteiger partial charge < -0.3 is 15.5 Å². The van der Waals surface area contributed by atoms with E-state index in [0.29, 0.717) is 36.8 Å². The third kappa shape index (κ3) is 8.15. The number of anilines is 1. The molecule has 3 atom stereocenters. The quantitative estimate of drug-likeness (QED) is 0.359. The number of nitrogens with one attached hydrogen (secondary N) is 2. The van der Waals surface area contributed by atoms with E-state index >= 15 is 0 Å². The van der Waals surface area contributed by atoms with E-state index in [9.17, 15) is 17.6 Å². The molecule has 0 aliphatic carbocycles. The van der Waals surface area contributed by atoms with Crippen LogP contribution in [0.4, 0.5) is 14.9 Å². The van der Waals surface area contributed by atoms with Crippen LogP contribution >= 0.6 is 0 Å². The van der Waals surface area contributed by atoms with Crippen LogP contribution in [0, 0.1) is 17.7 Å². The zero-order chi connectivity index (χ0) is 30.4. The first-order valence-electron chi connectivity index (χ1n) is 15.0.